The lowest BCUT2D eigenvalue weighted by molar-refractivity contribution is -0.149. The molecule has 0 unspecified atom stereocenters. The van der Waals surface area contributed by atoms with Crippen LogP contribution < -0.4 is 10.6 Å². The molecule has 5 heteroatoms. The number of piperazine rings is 1. The average molecular weight is 239 g/mol. The molecule has 17 heavy (non-hydrogen) atoms. The lowest BCUT2D eigenvalue weighted by Gasteiger charge is -2.41. The number of nitrogens with zero attached hydrogens (tertiary/aromatic N) is 1. The predicted octanol–water partition coefficient (Wildman–Crippen LogP) is -0.277. The molecule has 0 radical (unpaired) electrons. The molecule has 2 rings (SSSR count). The number of hydrogen-bond acceptors (Lipinski definition) is 3. The van der Waals surface area contributed by atoms with Crippen LogP contribution in [0.4, 0.5) is 0 Å². The molecule has 2 fully saturated rings. The van der Waals surface area contributed by atoms with Crippen LogP contribution in [0, 0.1) is 5.92 Å². The fraction of sp³-hybridized carbons (Fsp3) is 0.833. The molecule has 5 nitrogen and oxygen atoms in total. The highest BCUT2D eigenvalue weighted by Crippen LogP contribution is 2.21. The Bertz CT molecular complexity index is 322. The van der Waals surface area contributed by atoms with E-state index in [0.29, 0.717) is 25.4 Å². The maximum Gasteiger partial charge on any atom is 0.245 e. The lowest BCUT2D eigenvalue weighted by atomic mass is 9.96. The number of amides is 2. The Balaban J connectivity index is 1.99. The minimum absolute atomic E-state index is 0.0540. The van der Waals surface area contributed by atoms with E-state index < -0.39 is 5.54 Å². The molecule has 0 bridgehead atoms. The van der Waals surface area contributed by atoms with Crippen LogP contribution in [0.1, 0.15) is 26.7 Å². The van der Waals surface area contributed by atoms with Crippen LogP contribution in [0.3, 0.4) is 0 Å². The van der Waals surface area contributed by atoms with Gasteiger partial charge in [-0.1, -0.05) is 0 Å². The molecule has 0 aromatic rings. The van der Waals surface area contributed by atoms with Crippen molar-refractivity contribution in [1.82, 2.24) is 15.5 Å². The van der Waals surface area contributed by atoms with E-state index in [1.54, 1.807) is 4.90 Å². The first kappa shape index (κ1) is 12.4. The Morgan fingerprint density at radius 2 is 2.24 bits per heavy atom. The molecule has 2 aliphatic rings. The van der Waals surface area contributed by atoms with Crippen LogP contribution in [0.2, 0.25) is 0 Å². The van der Waals surface area contributed by atoms with Gasteiger partial charge in [0, 0.05) is 19.5 Å². The van der Waals surface area contributed by atoms with E-state index in [-0.39, 0.29) is 11.8 Å². The van der Waals surface area contributed by atoms with E-state index in [0.717, 1.165) is 19.5 Å². The van der Waals surface area contributed by atoms with E-state index >= 15 is 0 Å². The van der Waals surface area contributed by atoms with Gasteiger partial charge in [0.15, 0.2) is 0 Å². The van der Waals surface area contributed by atoms with Gasteiger partial charge in [-0.2, -0.15) is 0 Å². The third kappa shape index (κ3) is 2.44. The van der Waals surface area contributed by atoms with Gasteiger partial charge in [0.05, 0.1) is 0 Å². The molecular weight excluding hydrogens is 218 g/mol. The first-order valence-electron chi connectivity index (χ1n) is 6.31. The van der Waals surface area contributed by atoms with E-state index in [1.165, 1.54) is 0 Å². The number of hydrogen-bond donors (Lipinski definition) is 2. The Hall–Kier alpha value is -1.10. The SMILES string of the molecule is CC1(C)C(=O)NCCN1C(=O)C[C@@H]1CCNC1. The van der Waals surface area contributed by atoms with E-state index in [1.807, 2.05) is 13.8 Å². The molecular formula is C12H21N3O2. The van der Waals surface area contributed by atoms with Gasteiger partial charge in [-0.3, -0.25) is 9.59 Å². The maximum absolute atomic E-state index is 12.2. The number of nitrogens with one attached hydrogen (secondary N) is 2. The highest BCUT2D eigenvalue weighted by Gasteiger charge is 2.40. The molecule has 1 atom stereocenters. The summed E-state index contributed by atoms with van der Waals surface area (Å²) in [5.74, 6) is 0.489. The Morgan fingerprint density at radius 1 is 1.47 bits per heavy atom. The normalized spacial score (nSPS) is 28.0. The molecule has 0 spiro atoms. The molecule has 96 valence electrons. The van der Waals surface area contributed by atoms with Gasteiger partial charge in [-0.15, -0.1) is 0 Å². The van der Waals surface area contributed by atoms with Crippen molar-refractivity contribution in [2.24, 2.45) is 5.92 Å². The molecule has 2 saturated heterocycles. The fourth-order valence-electron chi connectivity index (χ4n) is 2.58. The highest BCUT2D eigenvalue weighted by atomic mass is 16.2. The number of carbonyl (C=O) groups excluding carboxylic acids is 2. The summed E-state index contributed by atoms with van der Waals surface area (Å²) in [5, 5.41) is 6.07. The summed E-state index contributed by atoms with van der Waals surface area (Å²) in [6.45, 7) is 6.74. The van der Waals surface area contributed by atoms with Crippen molar-refractivity contribution in [2.75, 3.05) is 26.2 Å². The summed E-state index contributed by atoms with van der Waals surface area (Å²) >= 11 is 0. The van der Waals surface area contributed by atoms with Crippen LogP contribution >= 0.6 is 0 Å². The summed E-state index contributed by atoms with van der Waals surface area (Å²) in [6, 6.07) is 0. The van der Waals surface area contributed by atoms with Crippen LogP contribution in [0.5, 0.6) is 0 Å². The van der Waals surface area contributed by atoms with Gasteiger partial charge in [0.2, 0.25) is 11.8 Å². The highest BCUT2D eigenvalue weighted by molar-refractivity contribution is 5.91. The van der Waals surface area contributed by atoms with Crippen molar-refractivity contribution in [2.45, 2.75) is 32.2 Å². The third-order valence-electron chi connectivity index (χ3n) is 3.78. The predicted molar refractivity (Wildman–Crippen MR) is 64.4 cm³/mol. The zero-order valence-corrected chi connectivity index (χ0v) is 10.6. The zero-order chi connectivity index (χ0) is 12.5. The molecule has 2 heterocycles. The Morgan fingerprint density at radius 3 is 2.88 bits per heavy atom. The fourth-order valence-corrected chi connectivity index (χ4v) is 2.58. The van der Waals surface area contributed by atoms with E-state index in [9.17, 15) is 9.59 Å². The van der Waals surface area contributed by atoms with Crippen molar-refractivity contribution < 1.29 is 9.59 Å². The van der Waals surface area contributed by atoms with Gasteiger partial charge < -0.3 is 15.5 Å². The van der Waals surface area contributed by atoms with Gasteiger partial charge >= 0.3 is 0 Å². The molecule has 0 saturated carbocycles. The van der Waals surface area contributed by atoms with Crippen LogP contribution in [-0.4, -0.2) is 48.4 Å². The number of rotatable bonds is 2. The quantitative estimate of drug-likeness (QED) is 0.697. The van der Waals surface area contributed by atoms with Gasteiger partial charge in [0.25, 0.3) is 0 Å². The first-order valence-corrected chi connectivity index (χ1v) is 6.31. The van der Waals surface area contributed by atoms with E-state index in [2.05, 4.69) is 10.6 Å². The van der Waals surface area contributed by atoms with Crippen molar-refractivity contribution in [3.63, 3.8) is 0 Å². The Kier molecular flexibility index (Phi) is 3.38. The van der Waals surface area contributed by atoms with Gasteiger partial charge in [0.1, 0.15) is 5.54 Å². The molecule has 2 aliphatic heterocycles. The zero-order valence-electron chi connectivity index (χ0n) is 10.6. The minimum atomic E-state index is -0.707. The van der Waals surface area contributed by atoms with Crippen molar-refractivity contribution in [1.29, 1.82) is 0 Å². The molecule has 0 aromatic heterocycles. The summed E-state index contributed by atoms with van der Waals surface area (Å²) < 4.78 is 0. The summed E-state index contributed by atoms with van der Waals surface area (Å²) in [4.78, 5) is 25.7. The lowest BCUT2D eigenvalue weighted by Crippen LogP contribution is -2.63. The standard InChI is InChI=1S/C12H21N3O2/c1-12(2)11(17)14-5-6-15(12)10(16)7-9-3-4-13-8-9/h9,13H,3-8H2,1-2H3,(H,14,17)/t9-/m0/s1. The van der Waals surface area contributed by atoms with E-state index in [4.69, 9.17) is 0 Å². The number of carbonyl (C=O) groups is 2. The minimum Gasteiger partial charge on any atom is -0.352 e. The Labute approximate surface area is 102 Å². The largest absolute Gasteiger partial charge is 0.352 e. The van der Waals surface area contributed by atoms with Crippen LogP contribution in [-0.2, 0) is 9.59 Å². The second kappa shape index (κ2) is 4.64. The molecule has 0 aromatic carbocycles. The van der Waals surface area contributed by atoms with Gasteiger partial charge in [-0.05, 0) is 39.3 Å². The first-order chi connectivity index (χ1) is 8.01. The van der Waals surface area contributed by atoms with Gasteiger partial charge in [-0.25, -0.2) is 0 Å². The topological polar surface area (TPSA) is 61.4 Å². The second-order valence-corrected chi connectivity index (χ2v) is 5.42. The van der Waals surface area contributed by atoms with Crippen molar-refractivity contribution in [3.8, 4) is 0 Å². The summed E-state index contributed by atoms with van der Waals surface area (Å²) in [6.07, 6.45) is 1.62. The molecule has 2 amide bonds. The van der Waals surface area contributed by atoms with Crippen LogP contribution in [0.15, 0.2) is 0 Å². The summed E-state index contributed by atoms with van der Waals surface area (Å²) in [7, 11) is 0. The second-order valence-electron chi connectivity index (χ2n) is 5.42. The average Bonchev–Trinajstić information content (AvgIpc) is 2.74. The monoisotopic (exact) mass is 239 g/mol. The van der Waals surface area contributed by atoms with Crippen molar-refractivity contribution in [3.05, 3.63) is 0 Å². The molecule has 0 aliphatic carbocycles. The molecule has 2 N–H and O–H groups in total. The third-order valence-corrected chi connectivity index (χ3v) is 3.78. The van der Waals surface area contributed by atoms with Crippen LogP contribution in [0.25, 0.3) is 0 Å². The smallest absolute Gasteiger partial charge is 0.245 e. The maximum atomic E-state index is 12.2. The van der Waals surface area contributed by atoms with Crippen molar-refractivity contribution >= 4 is 11.8 Å². The summed E-state index contributed by atoms with van der Waals surface area (Å²) in [5.41, 5.74) is -0.707.